The Bertz CT molecular complexity index is 1390. The van der Waals surface area contributed by atoms with Crippen LogP contribution in [0.4, 0.5) is 11.5 Å². The van der Waals surface area contributed by atoms with Crippen molar-refractivity contribution in [1.29, 1.82) is 0 Å². The molecule has 0 unspecified atom stereocenters. The molecule has 2 aliphatic rings. The quantitative estimate of drug-likeness (QED) is 0.450. The van der Waals surface area contributed by atoms with Crippen molar-refractivity contribution < 1.29 is 9.53 Å². The summed E-state index contributed by atoms with van der Waals surface area (Å²) >= 11 is 3.03. The molecule has 0 radical (unpaired) electrons. The fraction of sp³-hybridized carbons (Fsp3) is 0.435. The van der Waals surface area contributed by atoms with Crippen molar-refractivity contribution in [3.05, 3.63) is 28.9 Å². The molecule has 1 aliphatic carbocycles. The second-order valence-corrected chi connectivity index (χ2v) is 11.0. The van der Waals surface area contributed by atoms with E-state index in [0.29, 0.717) is 17.7 Å². The van der Waals surface area contributed by atoms with Crippen LogP contribution in [0.15, 0.2) is 18.5 Å². The number of fused-ring (bicyclic) bond motifs is 4. The van der Waals surface area contributed by atoms with Crippen LogP contribution in [-0.2, 0) is 17.6 Å². The van der Waals surface area contributed by atoms with Crippen LogP contribution < -0.4 is 10.1 Å². The van der Waals surface area contributed by atoms with Gasteiger partial charge in [0, 0.05) is 36.0 Å². The van der Waals surface area contributed by atoms with E-state index in [-0.39, 0.29) is 5.92 Å². The third kappa shape index (κ3) is 3.58. The van der Waals surface area contributed by atoms with Crippen LogP contribution in [0.2, 0.25) is 0 Å². The van der Waals surface area contributed by atoms with Crippen molar-refractivity contribution in [3.63, 3.8) is 0 Å². The number of hydrogen-bond acceptors (Lipinski definition) is 10. The Morgan fingerprint density at radius 2 is 2.12 bits per heavy atom. The molecule has 1 atom stereocenters. The molecule has 0 spiro atoms. The van der Waals surface area contributed by atoms with Gasteiger partial charge < -0.3 is 19.9 Å². The SMILES string of the molecule is COc1cc2nnsc2cc1Nc1ncnc2sc3c(c12)CC[C@H](C(=O)N1CC(N(C)C)C1)C3. The molecule has 9 nitrogen and oxygen atoms in total. The van der Waals surface area contributed by atoms with E-state index in [9.17, 15) is 4.79 Å². The fourth-order valence-electron chi connectivity index (χ4n) is 4.84. The van der Waals surface area contributed by atoms with Crippen molar-refractivity contribution in [2.75, 3.05) is 39.6 Å². The standard InChI is InChI=1S/C23H25N7O2S2/c1-29(2)13-9-30(10-13)23(31)12-4-5-14-18(6-12)33-22-20(14)21(24-11-25-22)26-15-8-19-16(27-28-34-19)7-17(15)32-3/h7-8,11-13H,4-6,9-10H2,1-3H3,(H,24,25,26)/t12-/m0/s1. The number of likely N-dealkylation sites (tertiary alicyclic amines) is 1. The van der Waals surface area contributed by atoms with Crippen LogP contribution in [-0.4, -0.2) is 75.6 Å². The molecule has 1 N–H and O–H groups in total. The minimum Gasteiger partial charge on any atom is -0.494 e. The summed E-state index contributed by atoms with van der Waals surface area (Å²) in [5.74, 6) is 1.79. The Labute approximate surface area is 204 Å². The number of aryl methyl sites for hydroxylation is 1. The van der Waals surface area contributed by atoms with Crippen LogP contribution in [0.5, 0.6) is 5.75 Å². The maximum Gasteiger partial charge on any atom is 0.226 e. The summed E-state index contributed by atoms with van der Waals surface area (Å²) in [4.78, 5) is 28.6. The Morgan fingerprint density at radius 3 is 2.91 bits per heavy atom. The number of anilines is 2. The second kappa shape index (κ2) is 8.40. The number of likely N-dealkylation sites (N-methyl/N-ethyl adjacent to an activating group) is 1. The van der Waals surface area contributed by atoms with E-state index in [1.807, 2.05) is 17.0 Å². The number of aromatic nitrogens is 4. The highest BCUT2D eigenvalue weighted by molar-refractivity contribution is 7.19. The van der Waals surface area contributed by atoms with Crippen molar-refractivity contribution in [1.82, 2.24) is 29.4 Å². The lowest BCUT2D eigenvalue weighted by molar-refractivity contribution is -0.142. The first kappa shape index (κ1) is 21.6. The highest BCUT2D eigenvalue weighted by atomic mass is 32.1. The lowest BCUT2D eigenvalue weighted by Gasteiger charge is -2.44. The first-order valence-corrected chi connectivity index (χ1v) is 12.9. The number of rotatable bonds is 5. The first-order chi connectivity index (χ1) is 16.5. The third-order valence-corrected chi connectivity index (χ3v) is 8.77. The second-order valence-electron chi connectivity index (χ2n) is 9.12. The maximum atomic E-state index is 13.1. The predicted octanol–water partition coefficient (Wildman–Crippen LogP) is 3.33. The van der Waals surface area contributed by atoms with Gasteiger partial charge in [-0.2, -0.15) is 0 Å². The van der Waals surface area contributed by atoms with E-state index in [1.165, 1.54) is 22.0 Å². The van der Waals surface area contributed by atoms with Crippen molar-refractivity contribution in [2.24, 2.45) is 5.92 Å². The molecule has 1 aromatic carbocycles. The number of benzene rings is 1. The maximum absolute atomic E-state index is 13.1. The van der Waals surface area contributed by atoms with Gasteiger partial charge in [0.1, 0.15) is 28.2 Å². The van der Waals surface area contributed by atoms with Gasteiger partial charge in [-0.15, -0.1) is 16.4 Å². The minimum atomic E-state index is 0.0503. The summed E-state index contributed by atoms with van der Waals surface area (Å²) in [5.41, 5.74) is 2.89. The molecular formula is C23H25N7O2S2. The van der Waals surface area contributed by atoms with Gasteiger partial charge in [0.05, 0.1) is 22.9 Å². The molecule has 1 saturated heterocycles. The van der Waals surface area contributed by atoms with Gasteiger partial charge in [0.2, 0.25) is 5.91 Å². The Morgan fingerprint density at radius 1 is 1.26 bits per heavy atom. The number of hydrogen-bond donors (Lipinski definition) is 1. The molecule has 3 aromatic heterocycles. The zero-order valence-corrected chi connectivity index (χ0v) is 20.9. The van der Waals surface area contributed by atoms with E-state index in [0.717, 1.165) is 64.3 Å². The van der Waals surface area contributed by atoms with Crippen LogP contribution >= 0.6 is 22.9 Å². The number of ether oxygens (including phenoxy) is 1. The Hall–Kier alpha value is -2.89. The molecule has 0 saturated carbocycles. The number of carbonyl (C=O) groups is 1. The van der Waals surface area contributed by atoms with Gasteiger partial charge in [0.15, 0.2) is 0 Å². The Kier molecular flexibility index (Phi) is 5.34. The van der Waals surface area contributed by atoms with Gasteiger partial charge in [-0.3, -0.25) is 4.79 Å². The lowest BCUT2D eigenvalue weighted by Crippen LogP contribution is -2.60. The normalized spacial score (nSPS) is 18.4. The third-order valence-electron chi connectivity index (χ3n) is 6.92. The van der Waals surface area contributed by atoms with Crippen LogP contribution in [0, 0.1) is 5.92 Å². The van der Waals surface area contributed by atoms with E-state index >= 15 is 0 Å². The number of carbonyl (C=O) groups excluding carboxylic acids is 1. The van der Waals surface area contributed by atoms with E-state index in [2.05, 4.69) is 43.9 Å². The van der Waals surface area contributed by atoms with Crippen molar-refractivity contribution >= 4 is 60.7 Å². The molecule has 4 heterocycles. The minimum absolute atomic E-state index is 0.0503. The number of nitrogens with one attached hydrogen (secondary N) is 1. The fourth-order valence-corrected chi connectivity index (χ4v) is 6.69. The highest BCUT2D eigenvalue weighted by Gasteiger charge is 2.37. The largest absolute Gasteiger partial charge is 0.494 e. The average Bonchev–Trinajstić information content (AvgIpc) is 3.40. The van der Waals surface area contributed by atoms with Gasteiger partial charge in [0.25, 0.3) is 0 Å². The summed E-state index contributed by atoms with van der Waals surface area (Å²) in [6.45, 7) is 1.67. The number of methoxy groups -OCH3 is 1. The van der Waals surface area contributed by atoms with E-state index in [1.54, 1.807) is 24.8 Å². The summed E-state index contributed by atoms with van der Waals surface area (Å²) in [6, 6.07) is 4.36. The molecular weight excluding hydrogens is 470 g/mol. The zero-order chi connectivity index (χ0) is 23.4. The molecule has 176 valence electrons. The molecule has 0 bridgehead atoms. The average molecular weight is 496 g/mol. The molecule has 34 heavy (non-hydrogen) atoms. The van der Waals surface area contributed by atoms with Crippen LogP contribution in [0.3, 0.4) is 0 Å². The number of thiophene rings is 1. The van der Waals surface area contributed by atoms with E-state index < -0.39 is 0 Å². The monoisotopic (exact) mass is 495 g/mol. The van der Waals surface area contributed by atoms with E-state index in [4.69, 9.17) is 4.74 Å². The van der Waals surface area contributed by atoms with Gasteiger partial charge in [-0.05, 0) is 56.5 Å². The highest BCUT2D eigenvalue weighted by Crippen LogP contribution is 2.42. The molecule has 1 fully saturated rings. The molecule has 1 amide bonds. The molecule has 6 rings (SSSR count). The first-order valence-electron chi connectivity index (χ1n) is 11.3. The molecule has 11 heteroatoms. The summed E-state index contributed by atoms with van der Waals surface area (Å²) < 4.78 is 10.6. The van der Waals surface area contributed by atoms with Gasteiger partial charge >= 0.3 is 0 Å². The van der Waals surface area contributed by atoms with Gasteiger partial charge in [-0.1, -0.05) is 4.49 Å². The van der Waals surface area contributed by atoms with Crippen LogP contribution in [0.25, 0.3) is 20.4 Å². The predicted molar refractivity (Wildman–Crippen MR) is 134 cm³/mol. The molecule has 4 aromatic rings. The topological polar surface area (TPSA) is 96.4 Å². The smallest absolute Gasteiger partial charge is 0.226 e. The van der Waals surface area contributed by atoms with Crippen molar-refractivity contribution in [2.45, 2.75) is 25.3 Å². The summed E-state index contributed by atoms with van der Waals surface area (Å²) in [6.07, 6.45) is 4.08. The van der Waals surface area contributed by atoms with Crippen LogP contribution in [0.1, 0.15) is 16.9 Å². The van der Waals surface area contributed by atoms with Gasteiger partial charge in [-0.25, -0.2) is 9.97 Å². The number of nitrogens with zero attached hydrogens (tertiary/aromatic N) is 6. The zero-order valence-electron chi connectivity index (χ0n) is 19.2. The summed E-state index contributed by atoms with van der Waals surface area (Å²) in [7, 11) is 5.79. The Balaban J connectivity index is 1.28. The lowest BCUT2D eigenvalue weighted by atomic mass is 9.86. The van der Waals surface area contributed by atoms with Crippen molar-refractivity contribution in [3.8, 4) is 5.75 Å². The summed E-state index contributed by atoms with van der Waals surface area (Å²) in [5, 5.41) is 8.66. The number of amides is 1. The molecule has 1 aliphatic heterocycles.